The summed E-state index contributed by atoms with van der Waals surface area (Å²) in [5.41, 5.74) is 10.9. The molecule has 4 heterocycles. The molecule has 63 heavy (non-hydrogen) atoms. The lowest BCUT2D eigenvalue weighted by atomic mass is 10.0. The maximum absolute atomic E-state index is 9.55. The Hall–Kier alpha value is -7.52. The van der Waals surface area contributed by atoms with Gasteiger partial charge in [-0.25, -0.2) is 0 Å². The largest absolute Gasteiger partial charge is 0.309 e. The Morgan fingerprint density at radius 3 is 1.37 bits per heavy atom. The number of halogens is 1. The predicted molar refractivity (Wildman–Crippen MR) is 289 cm³/mol. The molecule has 0 atom stereocenters. The molecule has 0 aliphatic rings. The van der Waals surface area contributed by atoms with Crippen molar-refractivity contribution >= 4 is 123 Å². The van der Waals surface area contributed by atoms with E-state index >= 15 is 0 Å². The fraction of sp³-hybridized carbons (Fsp3) is 0. The molecule has 13 rings (SSSR count). The molecule has 0 radical (unpaired) electrons. The van der Waals surface area contributed by atoms with Crippen LogP contribution in [0, 0.1) is 22.7 Å². The van der Waals surface area contributed by atoms with Crippen molar-refractivity contribution in [2.45, 2.75) is 0 Å². The SMILES string of the molecule is N#Cc1ccc2sc3ccc(-n4c5ccccc5c5cc(-c6ccc7c(c6)c6ccccc6n7-c6ccccc6)ccc54)cc3c2c1.N#Cc1ccc2sc3ccc(Br)cc3c2c1.[HH].[HH].[HH].[HH].[HH].[HH].[HH].[HH].[HH]. The third-order valence-corrected chi connectivity index (χ3v) is 14.9. The van der Waals surface area contributed by atoms with Crippen molar-refractivity contribution in [2.24, 2.45) is 0 Å². The van der Waals surface area contributed by atoms with Gasteiger partial charge in [-0.15, -0.1) is 22.7 Å². The number of aromatic nitrogens is 2. The fourth-order valence-electron chi connectivity index (χ4n) is 9.23. The van der Waals surface area contributed by atoms with E-state index in [4.69, 9.17) is 5.26 Å². The monoisotopic (exact) mass is 920 g/mol. The van der Waals surface area contributed by atoms with Crippen LogP contribution in [0.15, 0.2) is 193 Å². The molecular formula is C56H49BrN4S2. The second-order valence-corrected chi connectivity index (χ2v) is 18.8. The summed E-state index contributed by atoms with van der Waals surface area (Å²) in [7, 11) is 0. The molecule has 9 aromatic carbocycles. The standard InChI is InChI=1S/C43H25N3S.C13H6BrNS.9H2/c44-26-27-14-20-42-36(22-27)37-25-31(17-21-43(37)47-42)46-39-13-7-5-11-33(39)35-24-29(16-19-41(35)46)28-15-18-40-34(23-28)32-10-4-6-12-38(32)45(40)30-8-2-1-3-9-30;14-9-2-4-13-11(6-9)10-5-8(7-15)1-3-12(10)16-13;;;;;;;;;/h1-25H;1-6H;9*1H. The number of hydrogen-bond donors (Lipinski definition) is 0. The Morgan fingerprint density at radius 2 is 0.810 bits per heavy atom. The Morgan fingerprint density at radius 1 is 0.365 bits per heavy atom. The van der Waals surface area contributed by atoms with Gasteiger partial charge in [0.05, 0.1) is 45.3 Å². The van der Waals surface area contributed by atoms with E-state index in [0.29, 0.717) is 11.1 Å². The zero-order valence-corrected chi connectivity index (χ0v) is 36.6. The van der Waals surface area contributed by atoms with Gasteiger partial charge in [-0.05, 0) is 132 Å². The number of benzene rings is 9. The molecule has 312 valence electrons. The summed E-state index contributed by atoms with van der Waals surface area (Å²) in [5.74, 6) is 0. The first-order valence-corrected chi connectivity index (χ1v) is 23.0. The maximum atomic E-state index is 9.55. The summed E-state index contributed by atoms with van der Waals surface area (Å²) in [5, 5.41) is 28.1. The molecular weight excluding hydrogens is 873 g/mol. The quantitative estimate of drug-likeness (QED) is 0.177. The third-order valence-electron chi connectivity index (χ3n) is 12.1. The molecule has 0 unspecified atom stereocenters. The molecule has 4 aromatic heterocycles. The van der Waals surface area contributed by atoms with Crippen molar-refractivity contribution in [2.75, 3.05) is 0 Å². The molecule has 0 N–H and O–H groups in total. The van der Waals surface area contributed by atoms with Gasteiger partial charge in [0.15, 0.2) is 0 Å². The minimum atomic E-state index is 0. The van der Waals surface area contributed by atoms with Gasteiger partial charge in [-0.1, -0.05) is 82.7 Å². The number of nitriles is 2. The van der Waals surface area contributed by atoms with E-state index in [-0.39, 0.29) is 12.8 Å². The highest BCUT2D eigenvalue weighted by Gasteiger charge is 2.17. The average Bonchev–Trinajstić information content (AvgIpc) is 4.08. The van der Waals surface area contributed by atoms with E-state index < -0.39 is 0 Å². The van der Waals surface area contributed by atoms with E-state index in [2.05, 4.69) is 189 Å². The Labute approximate surface area is 391 Å². The third kappa shape index (κ3) is 6.13. The maximum Gasteiger partial charge on any atom is 0.0991 e. The minimum absolute atomic E-state index is 0. The average molecular weight is 922 g/mol. The summed E-state index contributed by atoms with van der Waals surface area (Å²) in [6, 6.07) is 71.0. The van der Waals surface area contributed by atoms with Crippen LogP contribution >= 0.6 is 38.6 Å². The lowest BCUT2D eigenvalue weighted by Crippen LogP contribution is -1.93. The van der Waals surface area contributed by atoms with Crippen LogP contribution in [0.2, 0.25) is 0 Å². The van der Waals surface area contributed by atoms with Crippen LogP contribution in [0.4, 0.5) is 0 Å². The molecule has 7 heteroatoms. The van der Waals surface area contributed by atoms with Gasteiger partial charge in [-0.3, -0.25) is 0 Å². The molecule has 0 bridgehead atoms. The van der Waals surface area contributed by atoms with Gasteiger partial charge in [-0.2, -0.15) is 10.5 Å². The van der Waals surface area contributed by atoms with Gasteiger partial charge < -0.3 is 9.13 Å². The lowest BCUT2D eigenvalue weighted by Gasteiger charge is -2.10. The summed E-state index contributed by atoms with van der Waals surface area (Å²) < 4.78 is 10.7. The lowest BCUT2D eigenvalue weighted by molar-refractivity contribution is 1.18. The summed E-state index contributed by atoms with van der Waals surface area (Å²) in [6.45, 7) is 0. The van der Waals surface area contributed by atoms with Gasteiger partial charge in [0.2, 0.25) is 0 Å². The molecule has 13 aromatic rings. The Bertz CT molecular complexity index is 4120. The van der Waals surface area contributed by atoms with Crippen molar-refractivity contribution < 1.29 is 12.8 Å². The van der Waals surface area contributed by atoms with Crippen molar-refractivity contribution in [3.63, 3.8) is 0 Å². The molecule has 0 saturated heterocycles. The van der Waals surface area contributed by atoms with Crippen LogP contribution in [0.5, 0.6) is 0 Å². The number of para-hydroxylation sites is 3. The number of rotatable bonds is 3. The van der Waals surface area contributed by atoms with E-state index in [9.17, 15) is 5.26 Å². The molecule has 0 fully saturated rings. The fourth-order valence-corrected chi connectivity index (χ4v) is 11.7. The van der Waals surface area contributed by atoms with Crippen LogP contribution in [0.1, 0.15) is 24.0 Å². The van der Waals surface area contributed by atoms with Crippen molar-refractivity contribution in [1.29, 1.82) is 10.5 Å². The predicted octanol–water partition coefficient (Wildman–Crippen LogP) is 18.7. The number of fused-ring (bicyclic) bond motifs is 12. The topological polar surface area (TPSA) is 57.4 Å². The van der Waals surface area contributed by atoms with Crippen molar-refractivity contribution in [3.05, 3.63) is 204 Å². The van der Waals surface area contributed by atoms with Crippen LogP contribution in [-0.4, -0.2) is 9.13 Å². The molecule has 0 spiro atoms. The minimum Gasteiger partial charge on any atom is -0.309 e. The molecule has 4 nitrogen and oxygen atoms in total. The van der Waals surface area contributed by atoms with Crippen LogP contribution in [-0.2, 0) is 0 Å². The first-order valence-electron chi connectivity index (χ1n) is 20.5. The Kier molecular flexibility index (Phi) is 8.77. The Balaban J connectivity index is 0.000000474. The molecule has 0 aliphatic carbocycles. The number of thiophene rings is 2. The summed E-state index contributed by atoms with van der Waals surface area (Å²) >= 11 is 7.01. The van der Waals surface area contributed by atoms with Crippen molar-refractivity contribution in [1.82, 2.24) is 9.13 Å². The molecule has 0 aliphatic heterocycles. The summed E-state index contributed by atoms with van der Waals surface area (Å²) in [6.07, 6.45) is 0. The van der Waals surface area contributed by atoms with Gasteiger partial charge in [0, 0.05) is 90.6 Å². The number of hydrogen-bond acceptors (Lipinski definition) is 4. The smallest absolute Gasteiger partial charge is 0.0991 e. The highest BCUT2D eigenvalue weighted by atomic mass is 79.9. The van der Waals surface area contributed by atoms with Crippen LogP contribution < -0.4 is 0 Å². The first kappa shape index (κ1) is 37.3. The zero-order valence-electron chi connectivity index (χ0n) is 33.4. The van der Waals surface area contributed by atoms with Crippen LogP contribution in [0.3, 0.4) is 0 Å². The highest BCUT2D eigenvalue weighted by Crippen LogP contribution is 2.41. The summed E-state index contributed by atoms with van der Waals surface area (Å²) in [4.78, 5) is 0. The number of nitrogens with zero attached hydrogens (tertiary/aromatic N) is 4. The second-order valence-electron chi connectivity index (χ2n) is 15.7. The highest BCUT2D eigenvalue weighted by molar-refractivity contribution is 9.10. The van der Waals surface area contributed by atoms with Gasteiger partial charge in [0.25, 0.3) is 0 Å². The zero-order chi connectivity index (χ0) is 42.2. The van der Waals surface area contributed by atoms with E-state index in [0.717, 1.165) is 15.5 Å². The van der Waals surface area contributed by atoms with Gasteiger partial charge in [0.1, 0.15) is 0 Å². The van der Waals surface area contributed by atoms with E-state index in [1.807, 2.05) is 36.4 Å². The first-order chi connectivity index (χ1) is 31.0. The normalized spacial score (nSPS) is 11.5. The second kappa shape index (κ2) is 14.8. The van der Waals surface area contributed by atoms with E-state index in [1.54, 1.807) is 22.7 Å². The molecule has 0 amide bonds. The van der Waals surface area contributed by atoms with Crippen LogP contribution in [0.25, 0.3) is 106 Å². The molecule has 0 saturated carbocycles. The van der Waals surface area contributed by atoms with E-state index in [1.165, 1.54) is 95.4 Å². The van der Waals surface area contributed by atoms with Gasteiger partial charge >= 0.3 is 0 Å². The van der Waals surface area contributed by atoms with Crippen molar-refractivity contribution in [3.8, 4) is 34.6 Å².